The molecule has 0 aliphatic rings. The summed E-state index contributed by atoms with van der Waals surface area (Å²) in [5, 5.41) is 6.03. The number of hydrogen-bond acceptors (Lipinski definition) is 4. The number of fused-ring (bicyclic) bond motifs is 3. The maximum atomic E-state index is 13.2. The van der Waals surface area contributed by atoms with Gasteiger partial charge in [0.1, 0.15) is 0 Å². The molecular formula is C23H22N2O3S. The van der Waals surface area contributed by atoms with Crippen LogP contribution in [0.4, 0.5) is 0 Å². The van der Waals surface area contributed by atoms with Crippen LogP contribution >= 0.6 is 11.3 Å². The van der Waals surface area contributed by atoms with E-state index in [-0.39, 0.29) is 17.9 Å². The molecule has 0 bridgehead atoms. The number of aromatic nitrogens is 1. The van der Waals surface area contributed by atoms with Gasteiger partial charge in [-0.25, -0.2) is 0 Å². The van der Waals surface area contributed by atoms with Crippen molar-refractivity contribution in [3.63, 3.8) is 0 Å². The minimum absolute atomic E-state index is 0.0609. The quantitative estimate of drug-likeness (QED) is 0.474. The Bertz CT molecular complexity index is 1210. The van der Waals surface area contributed by atoms with E-state index in [2.05, 4.69) is 5.32 Å². The maximum absolute atomic E-state index is 13.2. The summed E-state index contributed by atoms with van der Waals surface area (Å²) >= 11 is 1.58. The van der Waals surface area contributed by atoms with E-state index in [4.69, 9.17) is 4.74 Å². The second-order valence-corrected chi connectivity index (χ2v) is 7.78. The minimum Gasteiger partial charge on any atom is -0.385 e. The number of carbonyl (C=O) groups is 1. The SMILES string of the molecule is COCCCNC(=O)Cc1cc(-c2ccccc2)c(=O)n2ccc3ccsc3c12. The van der Waals surface area contributed by atoms with E-state index in [0.29, 0.717) is 18.7 Å². The third-order valence-corrected chi connectivity index (χ3v) is 5.85. The van der Waals surface area contributed by atoms with Crippen molar-refractivity contribution in [1.82, 2.24) is 9.72 Å². The molecule has 1 N–H and O–H groups in total. The fourth-order valence-corrected chi connectivity index (χ4v) is 4.49. The fourth-order valence-electron chi connectivity index (χ4n) is 3.52. The van der Waals surface area contributed by atoms with E-state index in [9.17, 15) is 9.59 Å². The number of rotatable bonds is 7. The molecule has 1 amide bonds. The van der Waals surface area contributed by atoms with Crippen LogP contribution in [0.5, 0.6) is 0 Å². The van der Waals surface area contributed by atoms with Gasteiger partial charge in [0.05, 0.1) is 16.6 Å². The molecule has 0 atom stereocenters. The summed E-state index contributed by atoms with van der Waals surface area (Å²) in [6.45, 7) is 1.18. The van der Waals surface area contributed by atoms with Crippen LogP contribution in [0.2, 0.25) is 0 Å². The summed E-state index contributed by atoms with van der Waals surface area (Å²) in [6.07, 6.45) is 2.79. The molecule has 4 aromatic rings. The van der Waals surface area contributed by atoms with Crippen molar-refractivity contribution < 1.29 is 9.53 Å². The number of benzene rings is 1. The number of carbonyl (C=O) groups excluding carboxylic acids is 1. The van der Waals surface area contributed by atoms with Crippen molar-refractivity contribution in [2.45, 2.75) is 12.8 Å². The zero-order chi connectivity index (χ0) is 20.2. The van der Waals surface area contributed by atoms with Crippen molar-refractivity contribution in [2.75, 3.05) is 20.3 Å². The van der Waals surface area contributed by atoms with E-state index in [0.717, 1.165) is 33.2 Å². The monoisotopic (exact) mass is 406 g/mol. The first-order valence-corrected chi connectivity index (χ1v) is 10.4. The van der Waals surface area contributed by atoms with Crippen LogP contribution < -0.4 is 10.9 Å². The maximum Gasteiger partial charge on any atom is 0.263 e. The zero-order valence-electron chi connectivity index (χ0n) is 16.2. The fraction of sp³-hybridized carbons (Fsp3) is 0.217. The van der Waals surface area contributed by atoms with Crippen molar-refractivity contribution in [1.29, 1.82) is 0 Å². The highest BCUT2D eigenvalue weighted by atomic mass is 32.1. The van der Waals surface area contributed by atoms with Gasteiger partial charge in [0.15, 0.2) is 0 Å². The van der Waals surface area contributed by atoms with Crippen molar-refractivity contribution in [2.24, 2.45) is 0 Å². The first kappa shape index (κ1) is 19.4. The number of nitrogens with one attached hydrogen (secondary N) is 1. The van der Waals surface area contributed by atoms with E-state index in [1.54, 1.807) is 29.0 Å². The molecule has 0 aliphatic heterocycles. The van der Waals surface area contributed by atoms with Gasteiger partial charge in [-0.2, -0.15) is 0 Å². The Hall–Kier alpha value is -2.96. The number of thiophene rings is 1. The lowest BCUT2D eigenvalue weighted by molar-refractivity contribution is -0.120. The van der Waals surface area contributed by atoms with Gasteiger partial charge in [-0.1, -0.05) is 30.3 Å². The predicted octanol–water partition coefficient (Wildman–Crippen LogP) is 3.88. The number of methoxy groups -OCH3 is 1. The van der Waals surface area contributed by atoms with Crippen molar-refractivity contribution in [3.05, 3.63) is 76.0 Å². The van der Waals surface area contributed by atoms with Crippen LogP contribution in [-0.4, -0.2) is 30.6 Å². The average molecular weight is 407 g/mol. The van der Waals surface area contributed by atoms with E-state index in [1.165, 1.54) is 0 Å². The predicted molar refractivity (Wildman–Crippen MR) is 118 cm³/mol. The van der Waals surface area contributed by atoms with Gasteiger partial charge in [0.2, 0.25) is 5.91 Å². The summed E-state index contributed by atoms with van der Waals surface area (Å²) in [4.78, 5) is 25.8. The molecule has 0 saturated heterocycles. The summed E-state index contributed by atoms with van der Waals surface area (Å²) in [5.74, 6) is -0.0609. The number of hydrogen-bond donors (Lipinski definition) is 1. The van der Waals surface area contributed by atoms with Crippen LogP contribution in [0.3, 0.4) is 0 Å². The van der Waals surface area contributed by atoms with Crippen LogP contribution in [0.15, 0.2) is 64.9 Å². The Morgan fingerprint density at radius 3 is 2.79 bits per heavy atom. The van der Waals surface area contributed by atoms with Crippen LogP contribution in [0.25, 0.3) is 26.7 Å². The van der Waals surface area contributed by atoms with Gasteiger partial charge in [-0.3, -0.25) is 14.0 Å². The molecule has 0 radical (unpaired) electrons. The molecule has 5 nitrogen and oxygen atoms in total. The lowest BCUT2D eigenvalue weighted by Gasteiger charge is -2.13. The molecule has 0 saturated carbocycles. The summed E-state index contributed by atoms with van der Waals surface area (Å²) in [7, 11) is 1.65. The van der Waals surface area contributed by atoms with Gasteiger partial charge in [-0.05, 0) is 46.5 Å². The highest BCUT2D eigenvalue weighted by Gasteiger charge is 2.16. The van der Waals surface area contributed by atoms with Gasteiger partial charge in [-0.15, -0.1) is 11.3 Å². The van der Waals surface area contributed by atoms with E-state index < -0.39 is 0 Å². The van der Waals surface area contributed by atoms with Gasteiger partial charge in [0.25, 0.3) is 5.56 Å². The second-order valence-electron chi connectivity index (χ2n) is 6.87. The molecule has 3 aromatic heterocycles. The second kappa shape index (κ2) is 8.59. The van der Waals surface area contributed by atoms with Crippen LogP contribution in [0.1, 0.15) is 12.0 Å². The van der Waals surface area contributed by atoms with Crippen molar-refractivity contribution in [3.8, 4) is 11.1 Å². The Labute approximate surface area is 172 Å². The lowest BCUT2D eigenvalue weighted by atomic mass is 10.0. The molecule has 0 aliphatic carbocycles. The normalized spacial score (nSPS) is 11.2. The van der Waals surface area contributed by atoms with Crippen LogP contribution in [-0.2, 0) is 16.0 Å². The number of amides is 1. The Balaban J connectivity index is 1.82. The largest absolute Gasteiger partial charge is 0.385 e. The van der Waals surface area contributed by atoms with Gasteiger partial charge < -0.3 is 10.1 Å². The number of ether oxygens (including phenoxy) is 1. The van der Waals surface area contributed by atoms with Crippen LogP contribution in [0, 0.1) is 0 Å². The molecular weight excluding hydrogens is 384 g/mol. The molecule has 6 heteroatoms. The first-order valence-electron chi connectivity index (χ1n) is 9.54. The molecule has 0 fully saturated rings. The zero-order valence-corrected chi connectivity index (χ0v) is 17.0. The molecule has 4 rings (SSSR count). The Morgan fingerprint density at radius 2 is 2.00 bits per heavy atom. The molecule has 29 heavy (non-hydrogen) atoms. The molecule has 148 valence electrons. The third-order valence-electron chi connectivity index (χ3n) is 4.91. The lowest BCUT2D eigenvalue weighted by Crippen LogP contribution is -2.27. The molecule has 1 aromatic carbocycles. The standard InChI is InChI=1S/C23H22N2O3S/c1-28-12-5-10-24-20(26)15-18-14-19(16-6-3-2-4-7-16)23(27)25-11-8-17-9-13-29-22(17)21(18)25/h2-4,6-9,11,13-14H,5,10,12,15H2,1H3,(H,24,26). The number of pyridine rings is 2. The van der Waals surface area contributed by atoms with E-state index in [1.807, 2.05) is 53.9 Å². The molecule has 0 unspecified atom stereocenters. The third kappa shape index (κ3) is 3.95. The molecule has 0 spiro atoms. The highest BCUT2D eigenvalue weighted by molar-refractivity contribution is 7.18. The first-order chi connectivity index (χ1) is 14.2. The summed E-state index contributed by atoms with van der Waals surface area (Å²) in [6, 6.07) is 15.4. The summed E-state index contributed by atoms with van der Waals surface area (Å²) < 4.78 is 7.72. The Kier molecular flexibility index (Phi) is 5.74. The highest BCUT2D eigenvalue weighted by Crippen LogP contribution is 2.29. The van der Waals surface area contributed by atoms with Gasteiger partial charge in [0, 0.05) is 32.0 Å². The smallest absolute Gasteiger partial charge is 0.263 e. The van der Waals surface area contributed by atoms with E-state index >= 15 is 0 Å². The number of nitrogens with zero attached hydrogens (tertiary/aromatic N) is 1. The average Bonchev–Trinajstić information content (AvgIpc) is 3.22. The topological polar surface area (TPSA) is 59.8 Å². The minimum atomic E-state index is -0.0780. The van der Waals surface area contributed by atoms with Crippen molar-refractivity contribution >= 4 is 32.8 Å². The molecule has 3 heterocycles. The van der Waals surface area contributed by atoms with Gasteiger partial charge >= 0.3 is 0 Å². The Morgan fingerprint density at radius 1 is 1.17 bits per heavy atom. The summed E-state index contributed by atoms with van der Waals surface area (Å²) in [5.41, 5.74) is 3.03.